The molecule has 5 rings (SSSR count). The first kappa shape index (κ1) is 20.5. The number of amides is 1. The first-order valence-electron chi connectivity index (χ1n) is 11.0. The maximum Gasteiger partial charge on any atom is 0.258 e. The van der Waals surface area contributed by atoms with Crippen LogP contribution in [0, 0.1) is 6.92 Å². The van der Waals surface area contributed by atoms with E-state index in [0.29, 0.717) is 23.6 Å². The highest BCUT2D eigenvalue weighted by atomic mass is 16.5. The van der Waals surface area contributed by atoms with E-state index in [2.05, 4.69) is 19.9 Å². The number of fused-ring (bicyclic) bond motifs is 3. The number of aryl methyl sites for hydroxylation is 2. The molecule has 1 amide bonds. The quantitative estimate of drug-likeness (QED) is 0.624. The maximum atomic E-state index is 13.5. The molecule has 32 heavy (non-hydrogen) atoms. The van der Waals surface area contributed by atoms with Gasteiger partial charge in [0.05, 0.1) is 44.1 Å². The molecular weight excluding hydrogens is 408 g/mol. The minimum Gasteiger partial charge on any atom is -0.493 e. The summed E-state index contributed by atoms with van der Waals surface area (Å²) < 4.78 is 14.8. The molecule has 2 aromatic heterocycles. The summed E-state index contributed by atoms with van der Waals surface area (Å²) in [6.45, 7) is 2.32. The summed E-state index contributed by atoms with van der Waals surface area (Å²) in [7, 11) is 5.09. The second-order valence-corrected chi connectivity index (χ2v) is 8.53. The van der Waals surface area contributed by atoms with Gasteiger partial charge in [0.25, 0.3) is 5.91 Å². The number of carbonyl (C=O) groups is 1. The van der Waals surface area contributed by atoms with Gasteiger partial charge in [0.2, 0.25) is 0 Å². The third kappa shape index (κ3) is 3.23. The molecule has 0 radical (unpaired) electrons. The molecule has 9 heteroatoms. The van der Waals surface area contributed by atoms with E-state index in [-0.39, 0.29) is 18.0 Å². The molecule has 1 saturated carbocycles. The second-order valence-electron chi connectivity index (χ2n) is 8.53. The number of hydrogen-bond donors (Lipinski definition) is 0. The van der Waals surface area contributed by atoms with Crippen LogP contribution in [0.15, 0.2) is 24.4 Å². The van der Waals surface area contributed by atoms with Gasteiger partial charge in [-0.3, -0.25) is 9.48 Å². The third-order valence-electron chi connectivity index (χ3n) is 6.65. The van der Waals surface area contributed by atoms with Gasteiger partial charge in [-0.15, -0.1) is 10.2 Å². The molecule has 0 N–H and O–H groups in total. The van der Waals surface area contributed by atoms with Crippen molar-refractivity contribution >= 4 is 5.91 Å². The van der Waals surface area contributed by atoms with E-state index in [4.69, 9.17) is 9.47 Å². The Morgan fingerprint density at radius 1 is 1.06 bits per heavy atom. The average Bonchev–Trinajstić information content (AvgIpc) is 3.40. The second kappa shape index (κ2) is 7.96. The first-order chi connectivity index (χ1) is 15.5. The molecule has 0 saturated heterocycles. The number of rotatable bonds is 4. The van der Waals surface area contributed by atoms with E-state index < -0.39 is 0 Å². The fourth-order valence-electron chi connectivity index (χ4n) is 5.16. The van der Waals surface area contributed by atoms with Crippen molar-refractivity contribution in [2.45, 2.75) is 51.2 Å². The Hall–Kier alpha value is -3.36. The van der Waals surface area contributed by atoms with Gasteiger partial charge in [0, 0.05) is 18.8 Å². The third-order valence-corrected chi connectivity index (χ3v) is 6.65. The molecule has 1 aliphatic carbocycles. The molecule has 1 aliphatic heterocycles. The monoisotopic (exact) mass is 436 g/mol. The highest BCUT2D eigenvalue weighted by Gasteiger charge is 2.42. The molecule has 1 fully saturated rings. The Bertz CT molecular complexity index is 1170. The predicted octanol–water partition coefficient (Wildman–Crippen LogP) is 3.14. The number of carbonyl (C=O) groups excluding carboxylic acids is 1. The zero-order valence-electron chi connectivity index (χ0n) is 18.9. The van der Waals surface area contributed by atoms with Crippen molar-refractivity contribution in [2.24, 2.45) is 7.05 Å². The minimum absolute atomic E-state index is 0.0226. The van der Waals surface area contributed by atoms with Gasteiger partial charge in [0.15, 0.2) is 23.1 Å². The smallest absolute Gasteiger partial charge is 0.258 e. The molecule has 2 aliphatic rings. The van der Waals surface area contributed by atoms with E-state index >= 15 is 0 Å². The van der Waals surface area contributed by atoms with Gasteiger partial charge in [-0.1, -0.05) is 12.8 Å². The van der Waals surface area contributed by atoms with Crippen molar-refractivity contribution in [3.05, 3.63) is 41.5 Å². The predicted molar refractivity (Wildman–Crippen MR) is 118 cm³/mol. The van der Waals surface area contributed by atoms with Crippen LogP contribution < -0.4 is 9.47 Å². The lowest BCUT2D eigenvalue weighted by Crippen LogP contribution is -2.50. The number of hydrogen-bond acceptors (Lipinski definition) is 6. The fourth-order valence-corrected chi connectivity index (χ4v) is 5.16. The van der Waals surface area contributed by atoms with Crippen molar-refractivity contribution in [1.29, 1.82) is 0 Å². The van der Waals surface area contributed by atoms with E-state index in [1.165, 1.54) is 0 Å². The molecule has 9 nitrogen and oxygen atoms in total. The topological polar surface area (TPSA) is 87.3 Å². The minimum atomic E-state index is 0.0226. The lowest BCUT2D eigenvalue weighted by atomic mass is 9.86. The van der Waals surface area contributed by atoms with E-state index in [0.717, 1.165) is 48.6 Å². The van der Waals surface area contributed by atoms with Gasteiger partial charge < -0.3 is 18.9 Å². The van der Waals surface area contributed by atoms with Crippen LogP contribution in [-0.2, 0) is 13.6 Å². The van der Waals surface area contributed by atoms with Crippen LogP contribution in [0.3, 0.4) is 0 Å². The summed E-state index contributed by atoms with van der Waals surface area (Å²) in [6, 6.07) is 6.06. The van der Waals surface area contributed by atoms with E-state index in [1.807, 2.05) is 43.3 Å². The summed E-state index contributed by atoms with van der Waals surface area (Å²) in [5, 5.41) is 13.4. The average molecular weight is 437 g/mol. The first-order valence-corrected chi connectivity index (χ1v) is 11.0. The Morgan fingerprint density at radius 2 is 1.81 bits per heavy atom. The molecule has 1 aromatic carbocycles. The summed E-state index contributed by atoms with van der Waals surface area (Å²) in [5.41, 5.74) is 2.33. The highest BCUT2D eigenvalue weighted by Crippen LogP contribution is 2.41. The molecule has 3 heterocycles. The molecule has 2 unspecified atom stereocenters. The van der Waals surface area contributed by atoms with Crippen LogP contribution in [0.4, 0.5) is 0 Å². The van der Waals surface area contributed by atoms with Crippen molar-refractivity contribution in [3.8, 4) is 22.9 Å². The van der Waals surface area contributed by atoms with Gasteiger partial charge in [-0.25, -0.2) is 0 Å². The van der Waals surface area contributed by atoms with Gasteiger partial charge >= 0.3 is 0 Å². The van der Waals surface area contributed by atoms with Gasteiger partial charge in [-0.05, 0) is 38.0 Å². The van der Waals surface area contributed by atoms with Crippen molar-refractivity contribution in [2.75, 3.05) is 14.2 Å². The van der Waals surface area contributed by atoms with Crippen LogP contribution in [-0.4, -0.2) is 55.6 Å². The Morgan fingerprint density at radius 3 is 2.50 bits per heavy atom. The summed E-state index contributed by atoms with van der Waals surface area (Å²) in [6.07, 6.45) is 6.01. The van der Waals surface area contributed by atoms with Gasteiger partial charge in [0.1, 0.15) is 0 Å². The van der Waals surface area contributed by atoms with E-state index in [9.17, 15) is 4.79 Å². The summed E-state index contributed by atoms with van der Waals surface area (Å²) in [4.78, 5) is 15.5. The van der Waals surface area contributed by atoms with Crippen molar-refractivity contribution < 1.29 is 14.3 Å². The lowest BCUT2D eigenvalue weighted by Gasteiger charge is -2.44. The zero-order chi connectivity index (χ0) is 22.4. The van der Waals surface area contributed by atoms with Crippen LogP contribution >= 0.6 is 0 Å². The number of aromatic nitrogens is 5. The molecular formula is C23H28N6O3. The zero-order valence-corrected chi connectivity index (χ0v) is 18.9. The molecule has 168 valence electrons. The van der Waals surface area contributed by atoms with Crippen LogP contribution in [0.25, 0.3) is 11.4 Å². The summed E-state index contributed by atoms with van der Waals surface area (Å²) >= 11 is 0. The van der Waals surface area contributed by atoms with Crippen molar-refractivity contribution in [1.82, 2.24) is 29.4 Å². The standard InChI is InChI=1S/C23H28N6O3/c1-14-16(12-27(2)26-14)23(30)28-13-21-24-25-22(29(21)18-8-6-5-7-17(18)28)15-9-10-19(31-3)20(11-15)32-4/h9-12,17-18H,5-8,13H2,1-4H3. The molecule has 2 atom stereocenters. The lowest BCUT2D eigenvalue weighted by molar-refractivity contribution is 0.0420. The van der Waals surface area contributed by atoms with Crippen molar-refractivity contribution in [3.63, 3.8) is 0 Å². The van der Waals surface area contributed by atoms with E-state index in [1.54, 1.807) is 18.9 Å². The largest absolute Gasteiger partial charge is 0.493 e. The summed E-state index contributed by atoms with van der Waals surface area (Å²) in [5.74, 6) is 2.97. The number of ether oxygens (including phenoxy) is 2. The van der Waals surface area contributed by atoms with Gasteiger partial charge in [-0.2, -0.15) is 5.10 Å². The maximum absolute atomic E-state index is 13.5. The number of benzene rings is 1. The van der Waals surface area contributed by atoms with Crippen LogP contribution in [0.5, 0.6) is 11.5 Å². The number of nitrogens with zero attached hydrogens (tertiary/aromatic N) is 6. The van der Waals surface area contributed by atoms with Crippen LogP contribution in [0.1, 0.15) is 53.6 Å². The molecule has 3 aromatic rings. The molecule has 0 bridgehead atoms. The van der Waals surface area contributed by atoms with Crippen LogP contribution in [0.2, 0.25) is 0 Å². The normalized spacial score (nSPS) is 19.9. The molecule has 0 spiro atoms. The SMILES string of the molecule is COc1ccc(-c2nnc3n2C2CCCCC2N(C(=O)c2cn(C)nc2C)C3)cc1OC. The Labute approximate surface area is 186 Å². The highest BCUT2D eigenvalue weighted by molar-refractivity contribution is 5.95. The Balaban J connectivity index is 1.55. The Kier molecular flexibility index (Phi) is 5.11. The fraction of sp³-hybridized carbons (Fsp3) is 0.478. The number of methoxy groups -OCH3 is 2.